The third-order valence-corrected chi connectivity index (χ3v) is 6.72. The number of aromatic nitrogens is 3. The Morgan fingerprint density at radius 3 is 2.64 bits per heavy atom. The van der Waals surface area contributed by atoms with Gasteiger partial charge in [-0.05, 0) is 25.5 Å². The number of rotatable bonds is 9. The van der Waals surface area contributed by atoms with Gasteiger partial charge in [-0.15, -0.1) is 23.1 Å². The molecule has 0 unspecified atom stereocenters. The van der Waals surface area contributed by atoms with E-state index in [-0.39, 0.29) is 17.9 Å². The molecular formula is C22H24N4O5S2. The lowest BCUT2D eigenvalue weighted by Gasteiger charge is -2.14. The Bertz CT molecular complexity index is 1310. The zero-order valence-electron chi connectivity index (χ0n) is 18.5. The molecule has 0 aliphatic rings. The van der Waals surface area contributed by atoms with E-state index in [1.54, 1.807) is 35.6 Å². The Labute approximate surface area is 198 Å². The molecule has 0 aliphatic heterocycles. The summed E-state index contributed by atoms with van der Waals surface area (Å²) in [6.07, 6.45) is 0.583. The Morgan fingerprint density at radius 2 is 1.97 bits per heavy atom. The second-order valence-corrected chi connectivity index (χ2v) is 9.28. The van der Waals surface area contributed by atoms with E-state index in [1.807, 2.05) is 19.2 Å². The highest BCUT2D eigenvalue weighted by Gasteiger charge is 2.23. The third-order valence-electron chi connectivity index (χ3n) is 4.79. The first-order chi connectivity index (χ1) is 15.7. The van der Waals surface area contributed by atoms with Gasteiger partial charge in [-0.25, -0.2) is 14.6 Å². The molecule has 0 aliphatic carbocycles. The lowest BCUT2D eigenvalue weighted by Crippen LogP contribution is -2.43. The number of nitrogen functional groups attached to an aromatic ring is 1. The molecule has 2 N–H and O–H groups in total. The molecule has 2 heterocycles. The predicted octanol–water partition coefficient (Wildman–Crippen LogP) is 2.64. The lowest BCUT2D eigenvalue weighted by atomic mass is 10.2. The van der Waals surface area contributed by atoms with Gasteiger partial charge < -0.3 is 10.5 Å². The second-order valence-electron chi connectivity index (χ2n) is 7.20. The highest BCUT2D eigenvalue weighted by Crippen LogP contribution is 2.27. The van der Waals surface area contributed by atoms with Crippen molar-refractivity contribution in [3.05, 3.63) is 72.3 Å². The van der Waals surface area contributed by atoms with E-state index in [1.165, 1.54) is 23.4 Å². The molecule has 0 saturated heterocycles. The van der Waals surface area contributed by atoms with Crippen LogP contribution in [0.25, 0.3) is 0 Å². The molecule has 0 amide bonds. The summed E-state index contributed by atoms with van der Waals surface area (Å²) in [4.78, 5) is 55.3. The van der Waals surface area contributed by atoms with Gasteiger partial charge in [0.05, 0.1) is 16.3 Å². The number of benzene rings is 1. The highest BCUT2D eigenvalue weighted by atomic mass is 32.2. The topological polar surface area (TPSA) is 126 Å². The van der Waals surface area contributed by atoms with Crippen molar-refractivity contribution in [2.75, 3.05) is 12.3 Å². The van der Waals surface area contributed by atoms with Crippen LogP contribution in [-0.4, -0.2) is 32.5 Å². The van der Waals surface area contributed by atoms with E-state index in [0.717, 1.165) is 15.3 Å². The number of esters is 1. The van der Waals surface area contributed by atoms with Gasteiger partial charge in [-0.1, -0.05) is 19.1 Å². The first-order valence-electron chi connectivity index (χ1n) is 10.2. The van der Waals surface area contributed by atoms with Gasteiger partial charge in [0.15, 0.2) is 6.61 Å². The molecular weight excluding hydrogens is 464 g/mol. The Morgan fingerprint density at radius 1 is 1.24 bits per heavy atom. The van der Waals surface area contributed by atoms with Crippen LogP contribution in [-0.2, 0) is 24.1 Å². The van der Waals surface area contributed by atoms with Gasteiger partial charge in [0, 0.05) is 29.6 Å². The van der Waals surface area contributed by atoms with Crippen LogP contribution < -0.4 is 17.0 Å². The van der Waals surface area contributed by atoms with Crippen LogP contribution in [0.2, 0.25) is 0 Å². The van der Waals surface area contributed by atoms with Crippen LogP contribution in [0.5, 0.6) is 0 Å². The molecule has 2 aromatic heterocycles. The summed E-state index contributed by atoms with van der Waals surface area (Å²) in [7, 11) is 1.27. The molecule has 0 saturated carbocycles. The average Bonchev–Trinajstić information content (AvgIpc) is 3.23. The number of hydrogen-bond acceptors (Lipinski definition) is 9. The normalized spacial score (nSPS) is 10.9. The van der Waals surface area contributed by atoms with Gasteiger partial charge in [0.2, 0.25) is 5.78 Å². The number of thioether (sulfide) groups is 1. The first kappa shape index (κ1) is 24.5. The van der Waals surface area contributed by atoms with E-state index in [4.69, 9.17) is 10.5 Å². The minimum Gasteiger partial charge on any atom is -0.454 e. The number of hydrogen-bond donors (Lipinski definition) is 1. The summed E-state index contributed by atoms with van der Waals surface area (Å²) >= 11 is 2.99. The molecule has 174 valence electrons. The zero-order chi connectivity index (χ0) is 24.1. The maximum atomic E-state index is 12.7. The standard InChI is InChI=1S/C22H24N4O5S2/c1-4-9-26-19(23)18(20(28)25(3)22(26)30)16(27)10-31-21(29)15-7-5-6-8-17(15)33-12-14-11-32-13(2)24-14/h5-8,11H,4,9-10,12,23H2,1-3H3. The Balaban J connectivity index is 1.76. The fourth-order valence-electron chi connectivity index (χ4n) is 3.15. The first-order valence-corrected chi connectivity index (χ1v) is 12.0. The van der Waals surface area contributed by atoms with Crippen molar-refractivity contribution < 1.29 is 14.3 Å². The summed E-state index contributed by atoms with van der Waals surface area (Å²) in [6.45, 7) is 3.34. The van der Waals surface area contributed by atoms with E-state index in [2.05, 4.69) is 4.98 Å². The SMILES string of the molecule is CCCn1c(N)c(C(=O)COC(=O)c2ccccc2SCc2csc(C)n2)c(=O)n(C)c1=O. The number of aryl methyl sites for hydroxylation is 1. The molecule has 33 heavy (non-hydrogen) atoms. The molecule has 1 aromatic carbocycles. The number of carbonyl (C=O) groups is 2. The van der Waals surface area contributed by atoms with Crippen molar-refractivity contribution in [1.82, 2.24) is 14.1 Å². The molecule has 0 radical (unpaired) electrons. The lowest BCUT2D eigenvalue weighted by molar-refractivity contribution is 0.0470. The van der Waals surface area contributed by atoms with Gasteiger partial charge >= 0.3 is 11.7 Å². The summed E-state index contributed by atoms with van der Waals surface area (Å²) in [5.74, 6) is -1.10. The van der Waals surface area contributed by atoms with Gasteiger partial charge in [-0.3, -0.25) is 18.7 Å². The third kappa shape index (κ3) is 5.42. The molecule has 0 atom stereocenters. The van der Waals surface area contributed by atoms with Gasteiger partial charge in [-0.2, -0.15) is 0 Å². The number of thiazole rings is 1. The largest absolute Gasteiger partial charge is 0.454 e. The van der Waals surface area contributed by atoms with Crippen molar-refractivity contribution in [2.24, 2.45) is 7.05 Å². The van der Waals surface area contributed by atoms with Crippen LogP contribution in [0.15, 0.2) is 44.1 Å². The number of ether oxygens (including phenoxy) is 1. The monoisotopic (exact) mass is 488 g/mol. The fraction of sp³-hybridized carbons (Fsp3) is 0.318. The number of Topliss-reactive ketones (excluding diaryl/α,β-unsaturated/α-hetero) is 1. The quantitative estimate of drug-likeness (QED) is 0.277. The van der Waals surface area contributed by atoms with Gasteiger partial charge in [0.25, 0.3) is 5.56 Å². The Hall–Kier alpha value is -3.18. The Kier molecular flexibility index (Phi) is 7.88. The maximum Gasteiger partial charge on any atom is 0.339 e. The van der Waals surface area contributed by atoms with E-state index in [9.17, 15) is 19.2 Å². The summed E-state index contributed by atoms with van der Waals surface area (Å²) in [5.41, 5.74) is 5.39. The summed E-state index contributed by atoms with van der Waals surface area (Å²) in [5, 5.41) is 2.93. The number of nitrogens with two attached hydrogens (primary N) is 1. The summed E-state index contributed by atoms with van der Waals surface area (Å²) in [6, 6.07) is 6.90. The van der Waals surface area contributed by atoms with E-state index in [0.29, 0.717) is 22.6 Å². The smallest absolute Gasteiger partial charge is 0.339 e. The molecule has 9 nitrogen and oxygen atoms in total. The molecule has 0 bridgehead atoms. The van der Waals surface area contributed by atoms with E-state index >= 15 is 0 Å². The van der Waals surface area contributed by atoms with Crippen molar-refractivity contribution in [3.8, 4) is 0 Å². The maximum absolute atomic E-state index is 12.7. The van der Waals surface area contributed by atoms with Crippen molar-refractivity contribution in [2.45, 2.75) is 37.5 Å². The number of anilines is 1. The van der Waals surface area contributed by atoms with Crippen molar-refractivity contribution in [1.29, 1.82) is 0 Å². The molecule has 0 fully saturated rings. The second kappa shape index (κ2) is 10.6. The van der Waals surface area contributed by atoms with Crippen LogP contribution in [0.3, 0.4) is 0 Å². The molecule has 11 heteroatoms. The number of ketones is 1. The van der Waals surface area contributed by atoms with Gasteiger partial charge in [0.1, 0.15) is 11.4 Å². The highest BCUT2D eigenvalue weighted by molar-refractivity contribution is 7.98. The van der Waals surface area contributed by atoms with E-state index < -0.39 is 29.6 Å². The van der Waals surface area contributed by atoms with Crippen molar-refractivity contribution >= 4 is 40.7 Å². The number of nitrogens with zero attached hydrogens (tertiary/aromatic N) is 3. The fourth-order valence-corrected chi connectivity index (χ4v) is 4.80. The minimum absolute atomic E-state index is 0.222. The molecule has 0 spiro atoms. The van der Waals surface area contributed by atoms with Crippen LogP contribution in [0.4, 0.5) is 5.82 Å². The molecule has 3 aromatic rings. The summed E-state index contributed by atoms with van der Waals surface area (Å²) < 4.78 is 7.21. The molecule has 3 rings (SSSR count). The van der Waals surface area contributed by atoms with Crippen molar-refractivity contribution in [3.63, 3.8) is 0 Å². The number of carbonyl (C=O) groups excluding carboxylic acids is 2. The predicted molar refractivity (Wildman–Crippen MR) is 128 cm³/mol. The van der Waals surface area contributed by atoms with Crippen LogP contribution >= 0.6 is 23.1 Å². The average molecular weight is 489 g/mol. The van der Waals surface area contributed by atoms with Crippen LogP contribution in [0, 0.1) is 6.92 Å². The van der Waals surface area contributed by atoms with Crippen LogP contribution in [0.1, 0.15) is 44.8 Å². The zero-order valence-corrected chi connectivity index (χ0v) is 20.1. The minimum atomic E-state index is -0.819.